The Labute approximate surface area is 152 Å². The van der Waals surface area contributed by atoms with Crippen molar-refractivity contribution in [2.24, 2.45) is 0 Å². The van der Waals surface area contributed by atoms with Gasteiger partial charge in [0.2, 0.25) is 11.8 Å². The molecule has 5 nitrogen and oxygen atoms in total. The van der Waals surface area contributed by atoms with Gasteiger partial charge in [-0.05, 0) is 29.7 Å². The van der Waals surface area contributed by atoms with Crippen molar-refractivity contribution in [1.29, 1.82) is 0 Å². The number of furan rings is 1. The first kappa shape index (κ1) is 17.7. The lowest BCUT2D eigenvalue weighted by Crippen LogP contribution is -2.25. The summed E-state index contributed by atoms with van der Waals surface area (Å²) in [5.41, 5.74) is 2.86. The molecule has 134 valence electrons. The number of carbonyl (C=O) groups is 2. The minimum Gasteiger partial charge on any atom is -0.464 e. The van der Waals surface area contributed by atoms with Crippen molar-refractivity contribution in [2.45, 2.75) is 32.4 Å². The molecule has 1 heterocycles. The van der Waals surface area contributed by atoms with E-state index in [9.17, 15) is 9.59 Å². The van der Waals surface area contributed by atoms with E-state index in [1.807, 2.05) is 54.6 Å². The summed E-state index contributed by atoms with van der Waals surface area (Å²) in [6, 6.07) is 17.5. The number of nitrogens with one attached hydrogen (secondary N) is 2. The molecule has 0 spiro atoms. The van der Waals surface area contributed by atoms with E-state index in [4.69, 9.17) is 4.42 Å². The van der Waals surface area contributed by atoms with Gasteiger partial charge in [-0.25, -0.2) is 0 Å². The third-order valence-corrected chi connectivity index (χ3v) is 4.15. The number of carbonyl (C=O) groups excluding carboxylic acids is 2. The Morgan fingerprint density at radius 1 is 0.808 bits per heavy atom. The van der Waals surface area contributed by atoms with Crippen molar-refractivity contribution >= 4 is 22.8 Å². The first-order chi connectivity index (χ1) is 12.7. The van der Waals surface area contributed by atoms with E-state index >= 15 is 0 Å². The summed E-state index contributed by atoms with van der Waals surface area (Å²) < 4.78 is 5.35. The van der Waals surface area contributed by atoms with Gasteiger partial charge in [-0.2, -0.15) is 0 Å². The van der Waals surface area contributed by atoms with Crippen LogP contribution in [-0.4, -0.2) is 11.8 Å². The van der Waals surface area contributed by atoms with Gasteiger partial charge in [-0.3, -0.25) is 9.59 Å². The fourth-order valence-corrected chi connectivity index (χ4v) is 2.69. The zero-order valence-corrected chi connectivity index (χ0v) is 14.5. The highest BCUT2D eigenvalue weighted by Crippen LogP contribution is 2.16. The van der Waals surface area contributed by atoms with Crippen LogP contribution < -0.4 is 10.6 Å². The van der Waals surface area contributed by atoms with Gasteiger partial charge in [0.25, 0.3) is 0 Å². The number of hydrogen-bond acceptors (Lipinski definition) is 3. The Morgan fingerprint density at radius 2 is 1.50 bits per heavy atom. The van der Waals surface area contributed by atoms with Gasteiger partial charge in [-0.15, -0.1) is 0 Å². The Hall–Kier alpha value is -3.08. The first-order valence-electron chi connectivity index (χ1n) is 8.74. The summed E-state index contributed by atoms with van der Waals surface area (Å²) in [4.78, 5) is 23.7. The molecular weight excluding hydrogens is 328 g/mol. The van der Waals surface area contributed by atoms with Gasteiger partial charge < -0.3 is 15.1 Å². The van der Waals surface area contributed by atoms with E-state index in [0.29, 0.717) is 32.4 Å². The summed E-state index contributed by atoms with van der Waals surface area (Å²) in [6.07, 6.45) is 2.86. The molecule has 5 heteroatoms. The van der Waals surface area contributed by atoms with Crippen LogP contribution in [0.2, 0.25) is 0 Å². The molecule has 0 saturated heterocycles. The van der Waals surface area contributed by atoms with E-state index in [0.717, 1.165) is 22.1 Å². The number of rotatable bonds is 8. The van der Waals surface area contributed by atoms with Crippen molar-refractivity contribution in [1.82, 2.24) is 10.6 Å². The van der Waals surface area contributed by atoms with Crippen LogP contribution in [0.4, 0.5) is 0 Å². The smallest absolute Gasteiger partial charge is 0.220 e. The quantitative estimate of drug-likeness (QED) is 0.653. The molecule has 0 unspecified atom stereocenters. The third kappa shape index (κ3) is 5.21. The number of fused-ring (bicyclic) bond motifs is 1. The van der Waals surface area contributed by atoms with Crippen LogP contribution in [0.3, 0.4) is 0 Å². The highest BCUT2D eigenvalue weighted by atomic mass is 16.3. The van der Waals surface area contributed by atoms with Gasteiger partial charge in [0, 0.05) is 31.3 Å². The predicted molar refractivity (Wildman–Crippen MR) is 100 cm³/mol. The van der Waals surface area contributed by atoms with Crippen molar-refractivity contribution in [3.05, 3.63) is 72.0 Å². The molecule has 2 aromatic carbocycles. The minimum atomic E-state index is -0.0552. The molecule has 26 heavy (non-hydrogen) atoms. The Bertz CT molecular complexity index is 871. The second-order valence-electron chi connectivity index (χ2n) is 6.19. The summed E-state index contributed by atoms with van der Waals surface area (Å²) in [7, 11) is 0. The molecule has 2 N–H and O–H groups in total. The lowest BCUT2D eigenvalue weighted by atomic mass is 10.1. The van der Waals surface area contributed by atoms with E-state index in [-0.39, 0.29) is 11.8 Å². The van der Waals surface area contributed by atoms with Gasteiger partial charge in [0.15, 0.2) is 0 Å². The van der Waals surface area contributed by atoms with Crippen LogP contribution in [0.25, 0.3) is 11.0 Å². The van der Waals surface area contributed by atoms with Crippen molar-refractivity contribution in [3.63, 3.8) is 0 Å². The molecule has 0 bridgehead atoms. The van der Waals surface area contributed by atoms with E-state index in [1.165, 1.54) is 0 Å². The fraction of sp³-hybridized carbons (Fsp3) is 0.238. The minimum absolute atomic E-state index is 0.0371. The molecule has 2 amide bonds. The van der Waals surface area contributed by atoms with Gasteiger partial charge in [-0.1, -0.05) is 42.5 Å². The lowest BCUT2D eigenvalue weighted by Gasteiger charge is -2.07. The summed E-state index contributed by atoms with van der Waals surface area (Å²) in [5, 5.41) is 6.78. The largest absolute Gasteiger partial charge is 0.464 e. The molecule has 0 aliphatic heterocycles. The van der Waals surface area contributed by atoms with Gasteiger partial charge >= 0.3 is 0 Å². The SMILES string of the molecule is O=C(CCCC(=O)NCc1ccc2ccoc2c1)NCc1ccccc1. The Morgan fingerprint density at radius 3 is 2.23 bits per heavy atom. The molecule has 3 aromatic rings. The highest BCUT2D eigenvalue weighted by molar-refractivity contribution is 5.79. The maximum Gasteiger partial charge on any atom is 0.220 e. The monoisotopic (exact) mass is 350 g/mol. The molecule has 0 atom stereocenters. The molecule has 0 fully saturated rings. The lowest BCUT2D eigenvalue weighted by molar-refractivity contribution is -0.122. The van der Waals surface area contributed by atoms with Crippen LogP contribution >= 0.6 is 0 Å². The Kier molecular flexibility index (Phi) is 6.04. The molecule has 0 radical (unpaired) electrons. The maximum absolute atomic E-state index is 11.9. The zero-order valence-electron chi connectivity index (χ0n) is 14.5. The first-order valence-corrected chi connectivity index (χ1v) is 8.74. The second-order valence-corrected chi connectivity index (χ2v) is 6.19. The molecule has 0 aliphatic rings. The summed E-state index contributed by atoms with van der Waals surface area (Å²) >= 11 is 0. The van der Waals surface area contributed by atoms with Crippen molar-refractivity contribution in [2.75, 3.05) is 0 Å². The maximum atomic E-state index is 11.9. The number of hydrogen-bond donors (Lipinski definition) is 2. The zero-order chi connectivity index (χ0) is 18.2. The van der Waals surface area contributed by atoms with Crippen LogP contribution in [0.1, 0.15) is 30.4 Å². The van der Waals surface area contributed by atoms with E-state index < -0.39 is 0 Å². The van der Waals surface area contributed by atoms with Crippen LogP contribution in [0.15, 0.2) is 65.3 Å². The predicted octanol–water partition coefficient (Wildman–Crippen LogP) is 3.54. The molecule has 1 aromatic heterocycles. The van der Waals surface area contributed by atoms with Gasteiger partial charge in [0.1, 0.15) is 5.58 Å². The molecule has 0 saturated carbocycles. The number of amides is 2. The van der Waals surface area contributed by atoms with Crippen LogP contribution in [0.5, 0.6) is 0 Å². The van der Waals surface area contributed by atoms with E-state index in [2.05, 4.69) is 10.6 Å². The van der Waals surface area contributed by atoms with Crippen LogP contribution in [0, 0.1) is 0 Å². The van der Waals surface area contributed by atoms with Crippen LogP contribution in [-0.2, 0) is 22.7 Å². The van der Waals surface area contributed by atoms with E-state index in [1.54, 1.807) is 6.26 Å². The summed E-state index contributed by atoms with van der Waals surface area (Å²) in [5.74, 6) is -0.0923. The molecule has 3 rings (SSSR count). The highest BCUT2D eigenvalue weighted by Gasteiger charge is 2.06. The standard InChI is InChI=1S/C21H22N2O3/c24-20(22-14-16-5-2-1-3-6-16)7-4-8-21(25)23-15-17-9-10-18-11-12-26-19(18)13-17/h1-3,5-6,9-13H,4,7-8,14-15H2,(H,22,24)(H,23,25). The number of benzene rings is 2. The van der Waals surface area contributed by atoms with Crippen molar-refractivity contribution in [3.8, 4) is 0 Å². The van der Waals surface area contributed by atoms with Crippen molar-refractivity contribution < 1.29 is 14.0 Å². The fourth-order valence-electron chi connectivity index (χ4n) is 2.69. The average molecular weight is 350 g/mol. The average Bonchev–Trinajstić information content (AvgIpc) is 3.13. The third-order valence-electron chi connectivity index (χ3n) is 4.15. The topological polar surface area (TPSA) is 71.3 Å². The molecule has 0 aliphatic carbocycles. The second kappa shape index (κ2) is 8.85. The molecular formula is C21H22N2O3. The summed E-state index contributed by atoms with van der Waals surface area (Å²) in [6.45, 7) is 0.969. The van der Waals surface area contributed by atoms with Gasteiger partial charge in [0.05, 0.1) is 6.26 Å². The Balaban J connectivity index is 1.32. The normalized spacial score (nSPS) is 10.6.